The summed E-state index contributed by atoms with van der Waals surface area (Å²) < 4.78 is 5.95. The van der Waals surface area contributed by atoms with Gasteiger partial charge in [-0.05, 0) is 42.4 Å². The molecule has 1 aliphatic rings. The van der Waals surface area contributed by atoms with Crippen LogP contribution in [0.3, 0.4) is 0 Å². The first-order chi connectivity index (χ1) is 8.47. The largest absolute Gasteiger partial charge is 0.488 e. The predicted octanol–water partition coefficient (Wildman–Crippen LogP) is 3.67. The van der Waals surface area contributed by atoms with Crippen LogP contribution < -0.4 is 4.74 Å². The van der Waals surface area contributed by atoms with Crippen LogP contribution in [0.2, 0.25) is 0 Å². The van der Waals surface area contributed by atoms with Crippen LogP contribution >= 0.6 is 0 Å². The highest BCUT2D eigenvalue weighted by atomic mass is 16.5. The summed E-state index contributed by atoms with van der Waals surface area (Å²) >= 11 is 0. The first kappa shape index (κ1) is 13.4. The van der Waals surface area contributed by atoms with Crippen molar-refractivity contribution in [2.45, 2.75) is 64.1 Å². The molecule has 1 saturated carbocycles. The van der Waals surface area contributed by atoms with E-state index < -0.39 is 0 Å². The van der Waals surface area contributed by atoms with Gasteiger partial charge in [-0.1, -0.05) is 39.3 Å². The van der Waals surface area contributed by atoms with E-state index in [1.165, 1.54) is 5.56 Å². The van der Waals surface area contributed by atoms with Crippen molar-refractivity contribution in [3.63, 3.8) is 0 Å². The smallest absolute Gasteiger partial charge is 0.124 e. The van der Waals surface area contributed by atoms with Gasteiger partial charge >= 0.3 is 0 Å². The normalized spacial score (nSPS) is 24.9. The number of aliphatic hydroxyl groups is 1. The van der Waals surface area contributed by atoms with Crippen molar-refractivity contribution in [2.24, 2.45) is 0 Å². The van der Waals surface area contributed by atoms with E-state index in [1.54, 1.807) is 0 Å². The molecule has 0 saturated heterocycles. The predicted molar refractivity (Wildman–Crippen MR) is 74.0 cm³/mol. The molecule has 1 aliphatic carbocycles. The summed E-state index contributed by atoms with van der Waals surface area (Å²) in [7, 11) is 0. The molecule has 1 aromatic rings. The lowest BCUT2D eigenvalue weighted by atomic mass is 9.87. The highest BCUT2D eigenvalue weighted by molar-refractivity contribution is 5.32. The quantitative estimate of drug-likeness (QED) is 0.865. The fourth-order valence-corrected chi connectivity index (χ4v) is 2.43. The van der Waals surface area contributed by atoms with Gasteiger partial charge < -0.3 is 9.84 Å². The first-order valence-corrected chi connectivity index (χ1v) is 6.92. The number of aliphatic hydroxyl groups excluding tert-OH is 1. The minimum atomic E-state index is -0.308. The van der Waals surface area contributed by atoms with E-state index >= 15 is 0 Å². The van der Waals surface area contributed by atoms with Gasteiger partial charge in [0.15, 0.2) is 0 Å². The highest BCUT2D eigenvalue weighted by Crippen LogP contribution is 2.28. The molecule has 1 N–H and O–H groups in total. The molecule has 2 rings (SSSR count). The van der Waals surface area contributed by atoms with Gasteiger partial charge in [0.05, 0.1) is 6.10 Å². The van der Waals surface area contributed by atoms with E-state index in [9.17, 15) is 5.11 Å². The average molecular weight is 248 g/mol. The Hall–Kier alpha value is -1.02. The van der Waals surface area contributed by atoms with Gasteiger partial charge in [0.2, 0.25) is 0 Å². The van der Waals surface area contributed by atoms with Crippen molar-refractivity contribution in [3.05, 3.63) is 29.8 Å². The first-order valence-electron chi connectivity index (χ1n) is 6.92. The molecule has 1 aromatic carbocycles. The molecule has 2 heteroatoms. The summed E-state index contributed by atoms with van der Waals surface area (Å²) in [6, 6.07) is 8.24. The minimum Gasteiger partial charge on any atom is -0.488 e. The van der Waals surface area contributed by atoms with E-state index in [0.717, 1.165) is 31.4 Å². The van der Waals surface area contributed by atoms with Crippen LogP contribution in [0.4, 0.5) is 0 Å². The van der Waals surface area contributed by atoms with Gasteiger partial charge in [-0.25, -0.2) is 0 Å². The van der Waals surface area contributed by atoms with Gasteiger partial charge in [-0.3, -0.25) is 0 Å². The average Bonchev–Trinajstić information content (AvgIpc) is 2.31. The number of rotatable bonds is 2. The maximum Gasteiger partial charge on any atom is 0.124 e. The third-order valence-electron chi connectivity index (χ3n) is 3.66. The molecule has 1 fully saturated rings. The third kappa shape index (κ3) is 3.26. The molecular weight excluding hydrogens is 224 g/mol. The topological polar surface area (TPSA) is 29.5 Å². The van der Waals surface area contributed by atoms with Crippen molar-refractivity contribution in [3.8, 4) is 5.75 Å². The lowest BCUT2D eigenvalue weighted by Crippen LogP contribution is -2.34. The van der Waals surface area contributed by atoms with E-state index in [4.69, 9.17) is 4.74 Å². The molecule has 2 nitrogen and oxygen atoms in total. The van der Waals surface area contributed by atoms with Gasteiger partial charge in [0.25, 0.3) is 0 Å². The van der Waals surface area contributed by atoms with Gasteiger partial charge in [-0.2, -0.15) is 0 Å². The van der Waals surface area contributed by atoms with Crippen LogP contribution in [0.1, 0.15) is 52.0 Å². The monoisotopic (exact) mass is 248 g/mol. The number of benzene rings is 1. The maximum absolute atomic E-state index is 9.93. The zero-order valence-corrected chi connectivity index (χ0v) is 11.6. The summed E-state index contributed by atoms with van der Waals surface area (Å²) in [4.78, 5) is 0. The highest BCUT2D eigenvalue weighted by Gasteiger charge is 2.25. The molecule has 0 aliphatic heterocycles. The summed E-state index contributed by atoms with van der Waals surface area (Å²) in [5.74, 6) is 0.883. The second kappa shape index (κ2) is 5.31. The Balaban J connectivity index is 2.09. The van der Waals surface area contributed by atoms with Crippen molar-refractivity contribution in [2.75, 3.05) is 0 Å². The van der Waals surface area contributed by atoms with E-state index in [1.807, 2.05) is 12.1 Å². The van der Waals surface area contributed by atoms with Crippen molar-refractivity contribution < 1.29 is 9.84 Å². The van der Waals surface area contributed by atoms with E-state index in [-0.39, 0.29) is 17.6 Å². The third-order valence-corrected chi connectivity index (χ3v) is 3.66. The molecule has 0 aromatic heterocycles. The fourth-order valence-electron chi connectivity index (χ4n) is 2.43. The van der Waals surface area contributed by atoms with Crippen LogP contribution in [-0.2, 0) is 5.41 Å². The molecule has 0 amide bonds. The Morgan fingerprint density at radius 2 is 1.89 bits per heavy atom. The molecule has 2 atom stereocenters. The zero-order chi connectivity index (χ0) is 13.2. The zero-order valence-electron chi connectivity index (χ0n) is 11.6. The Labute approximate surface area is 110 Å². The minimum absolute atomic E-state index is 0.0334. The van der Waals surface area contributed by atoms with Crippen molar-refractivity contribution in [1.29, 1.82) is 0 Å². The molecule has 0 heterocycles. The molecule has 0 unspecified atom stereocenters. The van der Waals surface area contributed by atoms with Crippen LogP contribution in [0.25, 0.3) is 0 Å². The van der Waals surface area contributed by atoms with Crippen molar-refractivity contribution in [1.82, 2.24) is 0 Å². The lowest BCUT2D eigenvalue weighted by Gasteiger charge is -2.29. The molecular formula is C16H24O2. The fraction of sp³-hybridized carbons (Fsp3) is 0.625. The summed E-state index contributed by atoms with van der Waals surface area (Å²) in [6.45, 7) is 6.59. The summed E-state index contributed by atoms with van der Waals surface area (Å²) in [6.07, 6.45) is 3.75. The molecule has 100 valence electrons. The van der Waals surface area contributed by atoms with Gasteiger partial charge in [0, 0.05) is 0 Å². The number of hydrogen-bond donors (Lipinski definition) is 1. The van der Waals surface area contributed by atoms with Gasteiger partial charge in [-0.15, -0.1) is 0 Å². The molecule has 0 bridgehead atoms. The van der Waals surface area contributed by atoms with Gasteiger partial charge in [0.1, 0.15) is 11.9 Å². The molecule has 18 heavy (non-hydrogen) atoms. The maximum atomic E-state index is 9.93. The Morgan fingerprint density at radius 3 is 2.56 bits per heavy atom. The lowest BCUT2D eigenvalue weighted by molar-refractivity contribution is 0.00681. The molecule has 0 spiro atoms. The summed E-state index contributed by atoms with van der Waals surface area (Å²) in [5.41, 5.74) is 1.40. The SMILES string of the molecule is CC(C)(C)c1cccc(O[C@@H]2CCCC[C@H]2O)c1. The Morgan fingerprint density at radius 1 is 1.17 bits per heavy atom. The Kier molecular flexibility index (Phi) is 3.96. The number of ether oxygens (including phenoxy) is 1. The standard InChI is InChI=1S/C16H24O2/c1-16(2,3)12-7-6-8-13(11-12)18-15-10-5-4-9-14(15)17/h6-8,11,14-15,17H,4-5,9-10H2,1-3H3/t14-,15-/m1/s1. The van der Waals surface area contributed by atoms with E-state index in [2.05, 4.69) is 32.9 Å². The van der Waals surface area contributed by atoms with Crippen molar-refractivity contribution >= 4 is 0 Å². The van der Waals surface area contributed by atoms with Crippen LogP contribution in [-0.4, -0.2) is 17.3 Å². The van der Waals surface area contributed by atoms with Crippen LogP contribution in [0.5, 0.6) is 5.75 Å². The van der Waals surface area contributed by atoms with Crippen LogP contribution in [0.15, 0.2) is 24.3 Å². The Bertz CT molecular complexity index is 392. The second-order valence-electron chi connectivity index (χ2n) is 6.29. The van der Waals surface area contributed by atoms with Crippen LogP contribution in [0, 0.1) is 0 Å². The number of hydrogen-bond acceptors (Lipinski definition) is 2. The molecule has 0 radical (unpaired) electrons. The summed E-state index contributed by atoms with van der Waals surface area (Å²) in [5, 5.41) is 9.93. The van der Waals surface area contributed by atoms with E-state index in [0.29, 0.717) is 0 Å². The second-order valence-corrected chi connectivity index (χ2v) is 6.29.